The van der Waals surface area contributed by atoms with Crippen LogP contribution >= 0.6 is 0 Å². The Morgan fingerprint density at radius 1 is 1.62 bits per heavy atom. The monoisotopic (exact) mass is 179 g/mol. The van der Waals surface area contributed by atoms with E-state index in [-0.39, 0.29) is 0 Å². The molecule has 1 aromatic heterocycles. The summed E-state index contributed by atoms with van der Waals surface area (Å²) in [5, 5.41) is 3.36. The number of aromatic nitrogens is 2. The maximum Gasteiger partial charge on any atom is 0.109 e. The van der Waals surface area contributed by atoms with Crippen molar-refractivity contribution in [2.24, 2.45) is 0 Å². The lowest BCUT2D eigenvalue weighted by Gasteiger charge is -2.05. The van der Waals surface area contributed by atoms with Crippen LogP contribution in [0.25, 0.3) is 0 Å². The lowest BCUT2D eigenvalue weighted by Crippen LogP contribution is -2.21. The normalized spacial score (nSPS) is 16.8. The lowest BCUT2D eigenvalue weighted by atomic mass is 10.3. The van der Waals surface area contributed by atoms with Crippen LogP contribution in [0.15, 0.2) is 6.20 Å². The molecule has 0 bridgehead atoms. The van der Waals surface area contributed by atoms with Gasteiger partial charge in [0.05, 0.1) is 0 Å². The van der Waals surface area contributed by atoms with Crippen molar-refractivity contribution in [1.29, 1.82) is 0 Å². The predicted octanol–water partition coefficient (Wildman–Crippen LogP) is 1.79. The maximum absolute atomic E-state index is 4.36. The van der Waals surface area contributed by atoms with E-state index in [1.54, 1.807) is 0 Å². The van der Waals surface area contributed by atoms with E-state index >= 15 is 0 Å². The number of H-pyrrole nitrogens is 1. The summed E-state index contributed by atoms with van der Waals surface area (Å²) < 4.78 is 0. The summed E-state index contributed by atoms with van der Waals surface area (Å²) >= 11 is 0. The minimum atomic E-state index is 0.535. The molecule has 1 fully saturated rings. The summed E-state index contributed by atoms with van der Waals surface area (Å²) in [4.78, 5) is 7.72. The zero-order valence-electron chi connectivity index (χ0n) is 8.30. The van der Waals surface area contributed by atoms with Gasteiger partial charge in [0.2, 0.25) is 0 Å². The third-order valence-corrected chi connectivity index (χ3v) is 2.31. The predicted molar refractivity (Wildman–Crippen MR) is 52.5 cm³/mol. The molecule has 72 valence electrons. The van der Waals surface area contributed by atoms with Gasteiger partial charge in [-0.1, -0.05) is 13.8 Å². The number of aromatic amines is 1. The molecule has 1 saturated carbocycles. The van der Waals surface area contributed by atoms with Crippen molar-refractivity contribution < 1.29 is 0 Å². The molecule has 1 aromatic rings. The largest absolute Gasteiger partial charge is 0.345 e. The van der Waals surface area contributed by atoms with Gasteiger partial charge in [0.1, 0.15) is 5.82 Å². The van der Waals surface area contributed by atoms with Crippen molar-refractivity contribution >= 4 is 0 Å². The van der Waals surface area contributed by atoms with Crippen molar-refractivity contribution in [3.05, 3.63) is 17.7 Å². The summed E-state index contributed by atoms with van der Waals surface area (Å²) in [6, 6.07) is 0.535. The van der Waals surface area contributed by atoms with Gasteiger partial charge in [-0.2, -0.15) is 0 Å². The van der Waals surface area contributed by atoms with Crippen molar-refractivity contribution in [2.75, 3.05) is 0 Å². The fraction of sp³-hybridized carbons (Fsp3) is 0.700. The number of rotatable bonds is 4. The molecule has 3 nitrogen and oxygen atoms in total. The van der Waals surface area contributed by atoms with Gasteiger partial charge >= 0.3 is 0 Å². The molecule has 0 radical (unpaired) electrons. The highest BCUT2D eigenvalue weighted by molar-refractivity contribution is 5.10. The van der Waals surface area contributed by atoms with Crippen molar-refractivity contribution in [1.82, 2.24) is 15.3 Å². The quantitative estimate of drug-likeness (QED) is 0.739. The van der Waals surface area contributed by atoms with Crippen LogP contribution in [0.3, 0.4) is 0 Å². The highest BCUT2D eigenvalue weighted by atomic mass is 15.0. The Kier molecular flexibility index (Phi) is 2.36. The van der Waals surface area contributed by atoms with Crippen LogP contribution in [-0.4, -0.2) is 16.0 Å². The smallest absolute Gasteiger partial charge is 0.109 e. The third kappa shape index (κ3) is 2.31. The van der Waals surface area contributed by atoms with E-state index in [2.05, 4.69) is 29.1 Å². The van der Waals surface area contributed by atoms with Gasteiger partial charge in [0, 0.05) is 30.4 Å². The zero-order chi connectivity index (χ0) is 9.26. The molecule has 13 heavy (non-hydrogen) atoms. The molecule has 0 aromatic carbocycles. The van der Waals surface area contributed by atoms with E-state index in [0.717, 1.165) is 12.5 Å². The molecule has 0 atom stereocenters. The second-order valence-corrected chi connectivity index (χ2v) is 4.10. The zero-order valence-corrected chi connectivity index (χ0v) is 8.30. The molecule has 1 heterocycles. The summed E-state index contributed by atoms with van der Waals surface area (Å²) in [6.45, 7) is 5.20. The SMILES string of the molecule is CC(C)NCc1cnc(C2CC2)[nH]1. The van der Waals surface area contributed by atoms with Crippen LogP contribution < -0.4 is 5.32 Å². The molecule has 0 amide bonds. The topological polar surface area (TPSA) is 40.7 Å². The number of imidazole rings is 1. The Hall–Kier alpha value is -0.830. The summed E-state index contributed by atoms with van der Waals surface area (Å²) in [5.74, 6) is 1.91. The fourth-order valence-corrected chi connectivity index (χ4v) is 1.34. The maximum atomic E-state index is 4.36. The first-order valence-electron chi connectivity index (χ1n) is 5.03. The van der Waals surface area contributed by atoms with Crippen LogP contribution in [0.2, 0.25) is 0 Å². The summed E-state index contributed by atoms with van der Waals surface area (Å²) in [5.41, 5.74) is 1.20. The average Bonchev–Trinajstić information content (AvgIpc) is 2.83. The molecule has 0 spiro atoms. The van der Waals surface area contributed by atoms with Crippen molar-refractivity contribution in [3.63, 3.8) is 0 Å². The highest BCUT2D eigenvalue weighted by Gasteiger charge is 2.26. The molecule has 0 aliphatic heterocycles. The van der Waals surface area contributed by atoms with Gasteiger partial charge in [0.25, 0.3) is 0 Å². The van der Waals surface area contributed by atoms with Crippen molar-refractivity contribution in [3.8, 4) is 0 Å². The van der Waals surface area contributed by atoms with E-state index in [4.69, 9.17) is 0 Å². The Balaban J connectivity index is 1.89. The minimum Gasteiger partial charge on any atom is -0.345 e. The molecule has 1 aliphatic rings. The molecule has 2 rings (SSSR count). The molecule has 2 N–H and O–H groups in total. The van der Waals surface area contributed by atoms with Crippen LogP contribution in [-0.2, 0) is 6.54 Å². The Morgan fingerprint density at radius 2 is 2.38 bits per heavy atom. The summed E-state index contributed by atoms with van der Waals surface area (Å²) in [6.07, 6.45) is 4.57. The van der Waals surface area contributed by atoms with Gasteiger partial charge in [-0.3, -0.25) is 0 Å². The molecule has 0 saturated heterocycles. The summed E-state index contributed by atoms with van der Waals surface area (Å²) in [7, 11) is 0. The molecular weight excluding hydrogens is 162 g/mol. The van der Waals surface area contributed by atoms with Crippen LogP contribution in [0, 0.1) is 0 Å². The molecular formula is C10H17N3. The van der Waals surface area contributed by atoms with E-state index in [1.165, 1.54) is 24.4 Å². The van der Waals surface area contributed by atoms with Gasteiger partial charge in [-0.25, -0.2) is 4.98 Å². The minimum absolute atomic E-state index is 0.535. The van der Waals surface area contributed by atoms with Crippen LogP contribution in [0.1, 0.15) is 44.1 Å². The van der Waals surface area contributed by atoms with Crippen LogP contribution in [0.4, 0.5) is 0 Å². The highest BCUT2D eigenvalue weighted by Crippen LogP contribution is 2.37. The van der Waals surface area contributed by atoms with Gasteiger partial charge in [0.15, 0.2) is 0 Å². The van der Waals surface area contributed by atoms with E-state index in [9.17, 15) is 0 Å². The van der Waals surface area contributed by atoms with Crippen molar-refractivity contribution in [2.45, 2.75) is 45.2 Å². The van der Waals surface area contributed by atoms with E-state index in [0.29, 0.717) is 6.04 Å². The van der Waals surface area contributed by atoms with Crippen LogP contribution in [0.5, 0.6) is 0 Å². The van der Waals surface area contributed by atoms with E-state index in [1.807, 2.05) is 6.20 Å². The fourth-order valence-electron chi connectivity index (χ4n) is 1.34. The van der Waals surface area contributed by atoms with E-state index < -0.39 is 0 Å². The van der Waals surface area contributed by atoms with Gasteiger partial charge in [-0.15, -0.1) is 0 Å². The third-order valence-electron chi connectivity index (χ3n) is 2.31. The van der Waals surface area contributed by atoms with Gasteiger partial charge < -0.3 is 10.3 Å². The number of hydrogen-bond acceptors (Lipinski definition) is 2. The lowest BCUT2D eigenvalue weighted by molar-refractivity contribution is 0.582. The molecule has 3 heteroatoms. The van der Waals surface area contributed by atoms with Gasteiger partial charge in [-0.05, 0) is 12.8 Å². The second kappa shape index (κ2) is 3.50. The Morgan fingerprint density at radius 3 is 3.00 bits per heavy atom. The standard InChI is InChI=1S/C10H17N3/c1-7(2)11-5-9-6-12-10(13-9)8-3-4-8/h6-8,11H,3-5H2,1-2H3,(H,12,13). The number of nitrogens with one attached hydrogen (secondary N) is 2. The first-order valence-corrected chi connectivity index (χ1v) is 5.03. The Bertz CT molecular complexity index is 273. The molecule has 1 aliphatic carbocycles. The first-order chi connectivity index (χ1) is 6.25. The average molecular weight is 179 g/mol. The number of nitrogens with zero attached hydrogens (tertiary/aromatic N) is 1. The molecule has 0 unspecified atom stereocenters. The second-order valence-electron chi connectivity index (χ2n) is 4.10. The first kappa shape index (κ1) is 8.75. The number of hydrogen-bond donors (Lipinski definition) is 2. The Labute approximate surface area is 79.0 Å².